The number of carbonyl (C=O) groups excluding carboxylic acids is 1. The van der Waals surface area contributed by atoms with E-state index in [1.165, 1.54) is 12.8 Å². The molecule has 5 nitrogen and oxygen atoms in total. The summed E-state index contributed by atoms with van der Waals surface area (Å²) in [5.41, 5.74) is 6.74. The third kappa shape index (κ3) is 3.51. The van der Waals surface area contributed by atoms with E-state index in [0.29, 0.717) is 5.25 Å². The SMILES string of the molecule is CCSC1CCCC1NC(=O)C(N)c1cnn(C)c1. The maximum atomic E-state index is 12.2. The second kappa shape index (κ2) is 6.43. The lowest BCUT2D eigenvalue weighted by Crippen LogP contribution is -2.43. The quantitative estimate of drug-likeness (QED) is 0.851. The molecule has 106 valence electrons. The van der Waals surface area contributed by atoms with Gasteiger partial charge in [0.05, 0.1) is 6.20 Å². The Morgan fingerprint density at radius 1 is 1.68 bits per heavy atom. The van der Waals surface area contributed by atoms with E-state index in [0.717, 1.165) is 17.7 Å². The van der Waals surface area contributed by atoms with E-state index >= 15 is 0 Å². The Morgan fingerprint density at radius 3 is 3.11 bits per heavy atom. The van der Waals surface area contributed by atoms with Gasteiger partial charge in [-0.15, -0.1) is 0 Å². The molecule has 1 amide bonds. The number of carbonyl (C=O) groups is 1. The monoisotopic (exact) mass is 282 g/mol. The minimum atomic E-state index is -0.624. The van der Waals surface area contributed by atoms with Crippen LogP contribution in [0.1, 0.15) is 37.8 Å². The van der Waals surface area contributed by atoms with Crippen LogP contribution in [0, 0.1) is 0 Å². The van der Waals surface area contributed by atoms with Gasteiger partial charge in [0.1, 0.15) is 6.04 Å². The maximum Gasteiger partial charge on any atom is 0.241 e. The average molecular weight is 282 g/mol. The fourth-order valence-electron chi connectivity index (χ4n) is 2.53. The summed E-state index contributed by atoms with van der Waals surface area (Å²) in [5.74, 6) is 0.993. The third-order valence-corrected chi connectivity index (χ3v) is 4.85. The molecule has 1 aliphatic rings. The molecule has 0 aliphatic heterocycles. The summed E-state index contributed by atoms with van der Waals surface area (Å²) in [5, 5.41) is 7.69. The zero-order valence-electron chi connectivity index (χ0n) is 11.5. The third-order valence-electron chi connectivity index (χ3n) is 3.53. The summed E-state index contributed by atoms with van der Waals surface area (Å²) in [4.78, 5) is 12.2. The first kappa shape index (κ1) is 14.4. The molecule has 0 spiro atoms. The van der Waals surface area contributed by atoms with Crippen molar-refractivity contribution >= 4 is 17.7 Å². The molecule has 1 aromatic heterocycles. The Kier molecular flexibility index (Phi) is 4.87. The molecule has 1 fully saturated rings. The number of hydrogen-bond acceptors (Lipinski definition) is 4. The molecule has 1 aliphatic carbocycles. The van der Waals surface area contributed by atoms with E-state index in [9.17, 15) is 4.79 Å². The van der Waals surface area contributed by atoms with Gasteiger partial charge in [-0.25, -0.2) is 0 Å². The fourth-order valence-corrected chi connectivity index (χ4v) is 3.73. The van der Waals surface area contributed by atoms with E-state index in [4.69, 9.17) is 5.73 Å². The zero-order valence-corrected chi connectivity index (χ0v) is 12.3. The first-order valence-electron chi connectivity index (χ1n) is 6.78. The molecule has 3 N–H and O–H groups in total. The van der Waals surface area contributed by atoms with E-state index in [2.05, 4.69) is 17.3 Å². The van der Waals surface area contributed by atoms with Crippen molar-refractivity contribution < 1.29 is 4.79 Å². The molecule has 6 heteroatoms. The van der Waals surface area contributed by atoms with Gasteiger partial charge in [0, 0.05) is 30.1 Å². The Bertz CT molecular complexity index is 434. The number of aromatic nitrogens is 2. The average Bonchev–Trinajstić information content (AvgIpc) is 2.99. The summed E-state index contributed by atoms with van der Waals surface area (Å²) in [6.07, 6.45) is 6.87. The molecule has 1 saturated carbocycles. The topological polar surface area (TPSA) is 72.9 Å². The number of amides is 1. The second-order valence-electron chi connectivity index (χ2n) is 4.96. The van der Waals surface area contributed by atoms with Crippen LogP contribution in [0.2, 0.25) is 0 Å². The molecule has 3 atom stereocenters. The van der Waals surface area contributed by atoms with Crippen LogP contribution in [0.4, 0.5) is 0 Å². The highest BCUT2D eigenvalue weighted by atomic mass is 32.2. The Labute approximate surface area is 118 Å². The number of nitrogens with zero attached hydrogens (tertiary/aromatic N) is 2. The lowest BCUT2D eigenvalue weighted by molar-refractivity contribution is -0.123. The highest BCUT2D eigenvalue weighted by molar-refractivity contribution is 7.99. The van der Waals surface area contributed by atoms with Gasteiger partial charge >= 0.3 is 0 Å². The van der Waals surface area contributed by atoms with E-state index < -0.39 is 6.04 Å². The molecule has 1 heterocycles. The van der Waals surface area contributed by atoms with Gasteiger partial charge in [-0.05, 0) is 18.6 Å². The van der Waals surface area contributed by atoms with E-state index in [-0.39, 0.29) is 11.9 Å². The number of nitrogens with one attached hydrogen (secondary N) is 1. The van der Waals surface area contributed by atoms with Crippen LogP contribution in [0.3, 0.4) is 0 Å². The van der Waals surface area contributed by atoms with Crippen LogP contribution in [-0.2, 0) is 11.8 Å². The normalized spacial score (nSPS) is 24.4. The second-order valence-corrected chi connectivity index (χ2v) is 6.48. The number of nitrogens with two attached hydrogens (primary N) is 1. The maximum absolute atomic E-state index is 12.2. The number of thioether (sulfide) groups is 1. The van der Waals surface area contributed by atoms with Gasteiger partial charge < -0.3 is 11.1 Å². The first-order valence-corrected chi connectivity index (χ1v) is 7.82. The minimum absolute atomic E-state index is 0.0957. The minimum Gasteiger partial charge on any atom is -0.351 e. The van der Waals surface area contributed by atoms with Gasteiger partial charge in [-0.1, -0.05) is 13.3 Å². The largest absolute Gasteiger partial charge is 0.351 e. The standard InChI is InChI=1S/C13H22N4OS/c1-3-19-11-6-4-5-10(11)16-13(18)12(14)9-7-15-17(2)8-9/h7-8,10-12H,3-6,14H2,1-2H3,(H,16,18). The number of rotatable bonds is 5. The van der Waals surface area contributed by atoms with Gasteiger partial charge in [0.15, 0.2) is 0 Å². The van der Waals surface area contributed by atoms with Gasteiger partial charge in [0.2, 0.25) is 5.91 Å². The smallest absolute Gasteiger partial charge is 0.241 e. The Hall–Kier alpha value is -1.01. The Balaban J connectivity index is 1.93. The van der Waals surface area contributed by atoms with Crippen LogP contribution in [0.25, 0.3) is 0 Å². The molecule has 2 rings (SSSR count). The number of aryl methyl sites for hydroxylation is 1. The zero-order chi connectivity index (χ0) is 13.8. The van der Waals surface area contributed by atoms with Gasteiger partial charge in [-0.3, -0.25) is 9.48 Å². The molecular formula is C13H22N4OS. The van der Waals surface area contributed by atoms with Crippen LogP contribution < -0.4 is 11.1 Å². The fraction of sp³-hybridized carbons (Fsp3) is 0.692. The summed E-state index contributed by atoms with van der Waals surface area (Å²) < 4.78 is 1.66. The Morgan fingerprint density at radius 2 is 2.47 bits per heavy atom. The highest BCUT2D eigenvalue weighted by Gasteiger charge is 2.30. The van der Waals surface area contributed by atoms with Gasteiger partial charge in [0.25, 0.3) is 0 Å². The van der Waals surface area contributed by atoms with Crippen molar-refractivity contribution in [2.75, 3.05) is 5.75 Å². The van der Waals surface area contributed by atoms with Crippen LogP contribution in [-0.4, -0.2) is 32.7 Å². The summed E-state index contributed by atoms with van der Waals surface area (Å²) >= 11 is 1.93. The van der Waals surface area contributed by atoms with Crippen molar-refractivity contribution in [3.8, 4) is 0 Å². The van der Waals surface area contributed by atoms with Crippen LogP contribution >= 0.6 is 11.8 Å². The lowest BCUT2D eigenvalue weighted by atomic mass is 10.1. The van der Waals surface area contributed by atoms with Crippen molar-refractivity contribution in [3.05, 3.63) is 18.0 Å². The van der Waals surface area contributed by atoms with Crippen molar-refractivity contribution in [2.24, 2.45) is 12.8 Å². The molecule has 19 heavy (non-hydrogen) atoms. The highest BCUT2D eigenvalue weighted by Crippen LogP contribution is 2.30. The summed E-state index contributed by atoms with van der Waals surface area (Å²) in [6.45, 7) is 2.16. The molecule has 0 saturated heterocycles. The first-order chi connectivity index (χ1) is 9.11. The molecule has 3 unspecified atom stereocenters. The predicted molar refractivity (Wildman–Crippen MR) is 77.8 cm³/mol. The summed E-state index contributed by atoms with van der Waals surface area (Å²) in [7, 11) is 1.82. The molecule has 1 aromatic rings. The predicted octanol–water partition coefficient (Wildman–Crippen LogP) is 1.21. The van der Waals surface area contributed by atoms with Crippen molar-refractivity contribution in [2.45, 2.75) is 43.5 Å². The summed E-state index contributed by atoms with van der Waals surface area (Å²) in [6, 6.07) is -0.359. The van der Waals surface area contributed by atoms with E-state index in [1.807, 2.05) is 18.8 Å². The van der Waals surface area contributed by atoms with Crippen molar-refractivity contribution in [1.29, 1.82) is 0 Å². The molecular weight excluding hydrogens is 260 g/mol. The van der Waals surface area contributed by atoms with Crippen molar-refractivity contribution in [1.82, 2.24) is 15.1 Å². The van der Waals surface area contributed by atoms with Gasteiger partial charge in [-0.2, -0.15) is 16.9 Å². The van der Waals surface area contributed by atoms with Crippen molar-refractivity contribution in [3.63, 3.8) is 0 Å². The molecule has 0 radical (unpaired) electrons. The van der Waals surface area contributed by atoms with E-state index in [1.54, 1.807) is 17.1 Å². The number of hydrogen-bond donors (Lipinski definition) is 2. The molecule has 0 bridgehead atoms. The molecule has 0 aromatic carbocycles. The van der Waals surface area contributed by atoms with Crippen LogP contribution in [0.5, 0.6) is 0 Å². The lowest BCUT2D eigenvalue weighted by Gasteiger charge is -2.21. The van der Waals surface area contributed by atoms with Crippen LogP contribution in [0.15, 0.2) is 12.4 Å².